The van der Waals surface area contributed by atoms with Gasteiger partial charge in [0.2, 0.25) is 0 Å². The molecule has 1 heterocycles. The minimum atomic E-state index is 0.347. The third kappa shape index (κ3) is 1.98. The number of hydrogen-bond donors (Lipinski definition) is 2. The van der Waals surface area contributed by atoms with Crippen molar-refractivity contribution in [3.8, 4) is 0 Å². The number of nitrogens with one attached hydrogen (secondary N) is 1. The highest BCUT2D eigenvalue weighted by atomic mass is 16.6. The van der Waals surface area contributed by atoms with Gasteiger partial charge in [-0.15, -0.1) is 0 Å². The van der Waals surface area contributed by atoms with Crippen molar-refractivity contribution in [2.24, 2.45) is 5.90 Å². The molecule has 0 aliphatic carbocycles. The Morgan fingerprint density at radius 3 is 2.72 bits per heavy atom. The summed E-state index contributed by atoms with van der Waals surface area (Å²) in [6, 6.07) is 17.1. The molecule has 3 rings (SSSR count). The van der Waals surface area contributed by atoms with E-state index in [2.05, 4.69) is 41.7 Å². The number of rotatable bonds is 3. The summed E-state index contributed by atoms with van der Waals surface area (Å²) >= 11 is 0. The summed E-state index contributed by atoms with van der Waals surface area (Å²) in [7, 11) is 0. The summed E-state index contributed by atoms with van der Waals surface area (Å²) in [5.74, 6) is 5.18. The Labute approximate surface area is 107 Å². The summed E-state index contributed by atoms with van der Waals surface area (Å²) in [4.78, 5) is 4.77. The standard InChI is InChI=1S/C15H16N2O/c16-18-10-12-7-4-8-14-13(12)9-15(17-14)11-5-2-1-3-6-11/h1-8,15,17H,9-10,16H2. The fraction of sp³-hybridized carbons (Fsp3) is 0.200. The Morgan fingerprint density at radius 2 is 1.94 bits per heavy atom. The lowest BCUT2D eigenvalue weighted by molar-refractivity contribution is 0.123. The lowest BCUT2D eigenvalue weighted by Crippen LogP contribution is -2.05. The van der Waals surface area contributed by atoms with E-state index in [1.165, 1.54) is 22.4 Å². The molecule has 0 spiro atoms. The Hall–Kier alpha value is -1.84. The Balaban J connectivity index is 1.89. The third-order valence-corrected chi connectivity index (χ3v) is 3.45. The molecule has 0 bridgehead atoms. The second kappa shape index (κ2) is 4.80. The maximum Gasteiger partial charge on any atom is 0.0933 e. The van der Waals surface area contributed by atoms with Crippen LogP contribution < -0.4 is 11.2 Å². The van der Waals surface area contributed by atoms with Gasteiger partial charge in [0.05, 0.1) is 12.6 Å². The number of benzene rings is 2. The molecule has 3 N–H and O–H groups in total. The molecular weight excluding hydrogens is 224 g/mol. The first-order valence-electron chi connectivity index (χ1n) is 6.12. The van der Waals surface area contributed by atoms with Crippen LogP contribution in [0.25, 0.3) is 0 Å². The smallest absolute Gasteiger partial charge is 0.0933 e. The van der Waals surface area contributed by atoms with E-state index in [1.807, 2.05) is 12.1 Å². The maximum atomic E-state index is 5.18. The van der Waals surface area contributed by atoms with Gasteiger partial charge in [-0.3, -0.25) is 4.84 Å². The molecule has 1 aliphatic heterocycles. The maximum absolute atomic E-state index is 5.18. The monoisotopic (exact) mass is 240 g/mol. The molecule has 1 atom stereocenters. The highest BCUT2D eigenvalue weighted by molar-refractivity contribution is 5.61. The number of anilines is 1. The van der Waals surface area contributed by atoms with E-state index >= 15 is 0 Å². The van der Waals surface area contributed by atoms with Crippen LogP contribution in [0.5, 0.6) is 0 Å². The van der Waals surface area contributed by atoms with Crippen molar-refractivity contribution >= 4 is 5.69 Å². The minimum absolute atomic E-state index is 0.347. The van der Waals surface area contributed by atoms with Crippen molar-refractivity contribution in [2.75, 3.05) is 5.32 Å². The van der Waals surface area contributed by atoms with Crippen LogP contribution in [-0.4, -0.2) is 0 Å². The summed E-state index contributed by atoms with van der Waals surface area (Å²) in [6.45, 7) is 0.465. The average Bonchev–Trinajstić information content (AvgIpc) is 2.85. The Kier molecular flexibility index (Phi) is 3.00. The van der Waals surface area contributed by atoms with Gasteiger partial charge in [-0.05, 0) is 29.2 Å². The zero-order valence-corrected chi connectivity index (χ0v) is 10.1. The fourth-order valence-corrected chi connectivity index (χ4v) is 2.57. The van der Waals surface area contributed by atoms with Crippen LogP contribution in [0.2, 0.25) is 0 Å². The van der Waals surface area contributed by atoms with Crippen molar-refractivity contribution < 1.29 is 4.84 Å². The van der Waals surface area contributed by atoms with Crippen molar-refractivity contribution in [1.29, 1.82) is 0 Å². The van der Waals surface area contributed by atoms with Crippen molar-refractivity contribution in [3.05, 3.63) is 65.2 Å². The molecule has 2 aromatic carbocycles. The van der Waals surface area contributed by atoms with Gasteiger partial charge in [0, 0.05) is 5.69 Å². The molecule has 0 saturated carbocycles. The fourth-order valence-electron chi connectivity index (χ4n) is 2.57. The lowest BCUT2D eigenvalue weighted by Gasteiger charge is -2.10. The van der Waals surface area contributed by atoms with E-state index in [1.54, 1.807) is 0 Å². The van der Waals surface area contributed by atoms with Gasteiger partial charge in [-0.1, -0.05) is 42.5 Å². The minimum Gasteiger partial charge on any atom is -0.378 e. The van der Waals surface area contributed by atoms with Crippen LogP contribution in [0.15, 0.2) is 48.5 Å². The van der Waals surface area contributed by atoms with Crippen LogP contribution in [0.3, 0.4) is 0 Å². The summed E-state index contributed by atoms with van der Waals surface area (Å²) in [5, 5.41) is 3.55. The molecule has 3 nitrogen and oxygen atoms in total. The molecule has 1 aliphatic rings. The summed E-state index contributed by atoms with van der Waals surface area (Å²) < 4.78 is 0. The topological polar surface area (TPSA) is 47.3 Å². The quantitative estimate of drug-likeness (QED) is 0.811. The van der Waals surface area contributed by atoms with Crippen LogP contribution in [0.4, 0.5) is 5.69 Å². The van der Waals surface area contributed by atoms with Crippen molar-refractivity contribution in [1.82, 2.24) is 0 Å². The van der Waals surface area contributed by atoms with E-state index in [0.29, 0.717) is 12.6 Å². The molecule has 92 valence electrons. The molecule has 0 aromatic heterocycles. The second-order valence-corrected chi connectivity index (χ2v) is 4.57. The van der Waals surface area contributed by atoms with Crippen LogP contribution >= 0.6 is 0 Å². The first-order valence-corrected chi connectivity index (χ1v) is 6.12. The zero-order valence-electron chi connectivity index (χ0n) is 10.1. The van der Waals surface area contributed by atoms with E-state index in [9.17, 15) is 0 Å². The first-order chi connectivity index (χ1) is 8.88. The molecule has 18 heavy (non-hydrogen) atoms. The molecular formula is C15H16N2O. The molecule has 0 saturated heterocycles. The van der Waals surface area contributed by atoms with Gasteiger partial charge in [0.15, 0.2) is 0 Å². The lowest BCUT2D eigenvalue weighted by atomic mass is 10.00. The molecule has 0 radical (unpaired) electrons. The summed E-state index contributed by atoms with van der Waals surface area (Å²) in [5.41, 5.74) is 4.99. The Bertz CT molecular complexity index is 539. The SMILES string of the molecule is NOCc1cccc2c1CC(c1ccccc1)N2. The van der Waals surface area contributed by atoms with E-state index in [-0.39, 0.29) is 0 Å². The summed E-state index contributed by atoms with van der Waals surface area (Å²) in [6.07, 6.45) is 0.985. The van der Waals surface area contributed by atoms with Crippen LogP contribution in [0.1, 0.15) is 22.7 Å². The van der Waals surface area contributed by atoms with Gasteiger partial charge < -0.3 is 5.32 Å². The average molecular weight is 240 g/mol. The normalized spacial score (nSPS) is 17.3. The number of hydrogen-bond acceptors (Lipinski definition) is 3. The highest BCUT2D eigenvalue weighted by Gasteiger charge is 2.23. The van der Waals surface area contributed by atoms with E-state index < -0.39 is 0 Å². The molecule has 0 amide bonds. The molecule has 3 heteroatoms. The van der Waals surface area contributed by atoms with E-state index in [0.717, 1.165) is 6.42 Å². The predicted octanol–water partition coefficient (Wildman–Crippen LogP) is 2.79. The van der Waals surface area contributed by atoms with Crippen LogP contribution in [-0.2, 0) is 17.9 Å². The largest absolute Gasteiger partial charge is 0.378 e. The van der Waals surface area contributed by atoms with E-state index in [4.69, 9.17) is 10.7 Å². The zero-order chi connectivity index (χ0) is 12.4. The number of nitrogens with two attached hydrogens (primary N) is 1. The molecule has 0 fully saturated rings. The van der Waals surface area contributed by atoms with Crippen LogP contribution in [0, 0.1) is 0 Å². The van der Waals surface area contributed by atoms with Gasteiger partial charge in [-0.2, -0.15) is 0 Å². The van der Waals surface area contributed by atoms with Crippen molar-refractivity contribution in [2.45, 2.75) is 19.1 Å². The van der Waals surface area contributed by atoms with Crippen molar-refractivity contribution in [3.63, 3.8) is 0 Å². The van der Waals surface area contributed by atoms with Gasteiger partial charge in [0.25, 0.3) is 0 Å². The molecule has 1 unspecified atom stereocenters. The number of fused-ring (bicyclic) bond motifs is 1. The Morgan fingerprint density at radius 1 is 1.11 bits per heavy atom. The first kappa shape index (κ1) is 11.3. The third-order valence-electron chi connectivity index (χ3n) is 3.45. The van der Waals surface area contributed by atoms with Gasteiger partial charge in [-0.25, -0.2) is 5.90 Å². The van der Waals surface area contributed by atoms with Gasteiger partial charge in [0.1, 0.15) is 0 Å². The van der Waals surface area contributed by atoms with Gasteiger partial charge >= 0.3 is 0 Å². The second-order valence-electron chi connectivity index (χ2n) is 4.57. The molecule has 2 aromatic rings. The predicted molar refractivity (Wildman–Crippen MR) is 71.9 cm³/mol. The highest BCUT2D eigenvalue weighted by Crippen LogP contribution is 2.36.